The van der Waals surface area contributed by atoms with E-state index in [1.807, 2.05) is 13.0 Å². The smallest absolute Gasteiger partial charge is 0.266 e. The number of amides is 1. The van der Waals surface area contributed by atoms with Crippen LogP contribution in [0.3, 0.4) is 0 Å². The van der Waals surface area contributed by atoms with Crippen molar-refractivity contribution in [2.24, 2.45) is 5.10 Å². The molecule has 0 aliphatic heterocycles. The van der Waals surface area contributed by atoms with E-state index in [-0.39, 0.29) is 23.0 Å². The Morgan fingerprint density at radius 3 is 2.69 bits per heavy atom. The third-order valence-corrected chi connectivity index (χ3v) is 6.03. The van der Waals surface area contributed by atoms with Gasteiger partial charge in [0.2, 0.25) is 0 Å². The fraction of sp³-hybridized carbons (Fsp3) is 0.154. The summed E-state index contributed by atoms with van der Waals surface area (Å²) in [5.74, 6) is 0.619. The first-order valence-corrected chi connectivity index (χ1v) is 12.1. The molecule has 0 saturated carbocycles. The van der Waals surface area contributed by atoms with Crippen molar-refractivity contribution in [2.75, 3.05) is 19.5 Å². The van der Waals surface area contributed by atoms with E-state index < -0.39 is 0 Å². The molecule has 0 unspecified atom stereocenters. The van der Waals surface area contributed by atoms with Crippen LogP contribution >= 0.6 is 11.8 Å². The molecule has 1 aromatic heterocycles. The van der Waals surface area contributed by atoms with Gasteiger partial charge in [-0.2, -0.15) is 5.10 Å². The second-order valence-electron chi connectivity index (χ2n) is 7.49. The highest BCUT2D eigenvalue weighted by Crippen LogP contribution is 2.26. The van der Waals surface area contributed by atoms with Crippen LogP contribution in [-0.2, 0) is 4.79 Å². The highest BCUT2D eigenvalue weighted by Gasteiger charge is 2.15. The lowest BCUT2D eigenvalue weighted by Crippen LogP contribution is -2.24. The lowest BCUT2D eigenvalue weighted by molar-refractivity contribution is -0.118. The van der Waals surface area contributed by atoms with Gasteiger partial charge in [-0.3, -0.25) is 14.2 Å². The zero-order valence-corrected chi connectivity index (χ0v) is 20.5. The first-order valence-electron chi connectivity index (χ1n) is 11.1. The van der Waals surface area contributed by atoms with Gasteiger partial charge < -0.3 is 14.6 Å². The van der Waals surface area contributed by atoms with Gasteiger partial charge >= 0.3 is 0 Å². The van der Waals surface area contributed by atoms with E-state index in [1.165, 1.54) is 24.0 Å². The summed E-state index contributed by atoms with van der Waals surface area (Å²) in [6.07, 6.45) is 1.44. The zero-order valence-electron chi connectivity index (χ0n) is 19.7. The minimum atomic E-state index is -0.373. The molecule has 36 heavy (non-hydrogen) atoms. The minimum Gasteiger partial charge on any atom is -0.504 e. The molecule has 1 heterocycles. The van der Waals surface area contributed by atoms with Crippen LogP contribution in [0.2, 0.25) is 0 Å². The van der Waals surface area contributed by atoms with Gasteiger partial charge in [0.25, 0.3) is 11.5 Å². The number of hydrazone groups is 1. The first kappa shape index (κ1) is 24.8. The van der Waals surface area contributed by atoms with Gasteiger partial charge in [0.1, 0.15) is 5.75 Å². The summed E-state index contributed by atoms with van der Waals surface area (Å²) in [5.41, 5.74) is 4.03. The maximum atomic E-state index is 13.3. The number of carbonyl (C=O) groups excluding carboxylic acids is 1. The second kappa shape index (κ2) is 11.4. The number of phenolic OH excluding ortho intramolecular Hbond substituents is 1. The van der Waals surface area contributed by atoms with Crippen molar-refractivity contribution < 1.29 is 19.4 Å². The Morgan fingerprint density at radius 1 is 1.17 bits per heavy atom. The van der Waals surface area contributed by atoms with E-state index in [0.717, 1.165) is 11.8 Å². The summed E-state index contributed by atoms with van der Waals surface area (Å²) in [6, 6.07) is 18.9. The summed E-state index contributed by atoms with van der Waals surface area (Å²) >= 11 is 1.13. The number of rotatable bonds is 9. The third kappa shape index (κ3) is 5.66. The molecule has 10 heteroatoms. The molecule has 0 fully saturated rings. The Kier molecular flexibility index (Phi) is 7.86. The van der Waals surface area contributed by atoms with Gasteiger partial charge in [-0.05, 0) is 67.1 Å². The number of benzene rings is 3. The van der Waals surface area contributed by atoms with Crippen LogP contribution in [0.4, 0.5) is 0 Å². The number of carbonyl (C=O) groups is 1. The summed E-state index contributed by atoms with van der Waals surface area (Å²) in [6.45, 7) is 2.44. The molecule has 1 amide bonds. The fourth-order valence-electron chi connectivity index (χ4n) is 3.41. The van der Waals surface area contributed by atoms with Gasteiger partial charge in [0.05, 0.1) is 42.3 Å². The molecule has 184 valence electrons. The Balaban J connectivity index is 1.54. The van der Waals surface area contributed by atoms with E-state index in [9.17, 15) is 14.7 Å². The van der Waals surface area contributed by atoms with Gasteiger partial charge in [-0.15, -0.1) is 0 Å². The van der Waals surface area contributed by atoms with E-state index >= 15 is 0 Å². The number of nitrogens with zero attached hydrogens (tertiary/aromatic N) is 3. The molecule has 0 spiro atoms. The van der Waals surface area contributed by atoms with Crippen LogP contribution in [0.5, 0.6) is 17.2 Å². The molecule has 0 radical (unpaired) electrons. The predicted octanol–water partition coefficient (Wildman–Crippen LogP) is 3.74. The van der Waals surface area contributed by atoms with Crippen LogP contribution in [-0.4, -0.2) is 46.2 Å². The van der Waals surface area contributed by atoms with Crippen LogP contribution in [0, 0.1) is 0 Å². The lowest BCUT2D eigenvalue weighted by Gasteiger charge is -2.13. The van der Waals surface area contributed by atoms with Crippen molar-refractivity contribution >= 4 is 34.8 Å². The van der Waals surface area contributed by atoms with Gasteiger partial charge in [0, 0.05) is 0 Å². The quantitative estimate of drug-likeness (QED) is 0.154. The largest absolute Gasteiger partial charge is 0.504 e. The minimum absolute atomic E-state index is 0.0107. The first-order chi connectivity index (χ1) is 17.5. The third-order valence-electron chi connectivity index (χ3n) is 5.09. The topological polar surface area (TPSA) is 115 Å². The highest BCUT2D eigenvalue weighted by atomic mass is 32.2. The summed E-state index contributed by atoms with van der Waals surface area (Å²) < 4.78 is 12.1. The number of aromatic nitrogens is 2. The number of fused-ring (bicyclic) bond motifs is 1. The standard InChI is InChI=1S/C26H24N4O5S/c1-3-35-19-11-9-18(10-12-19)30-25(33)20-6-4-5-7-21(20)28-26(30)36-16-24(32)29-27-15-17-8-13-22(31)23(14-17)34-2/h4-15,31H,3,16H2,1-2H3,(H,29,32). The number of para-hydroxylation sites is 1. The maximum Gasteiger partial charge on any atom is 0.266 e. The Morgan fingerprint density at radius 2 is 1.94 bits per heavy atom. The van der Waals surface area contributed by atoms with Crippen molar-refractivity contribution in [3.05, 3.63) is 82.6 Å². The molecular weight excluding hydrogens is 480 g/mol. The number of aromatic hydroxyl groups is 1. The van der Waals surface area contributed by atoms with Crippen molar-refractivity contribution in [2.45, 2.75) is 12.1 Å². The number of nitrogens with one attached hydrogen (secondary N) is 1. The molecule has 0 aliphatic rings. The van der Waals surface area contributed by atoms with E-state index in [0.29, 0.717) is 45.4 Å². The summed E-state index contributed by atoms with van der Waals surface area (Å²) in [4.78, 5) is 30.4. The Hall–Kier alpha value is -4.31. The SMILES string of the molecule is CCOc1ccc(-n2c(SCC(=O)NN=Cc3ccc(O)c(OC)c3)nc3ccccc3c2=O)cc1. The molecular formula is C26H24N4O5S. The second-order valence-corrected chi connectivity index (χ2v) is 8.43. The van der Waals surface area contributed by atoms with Crippen molar-refractivity contribution in [3.63, 3.8) is 0 Å². The number of ether oxygens (including phenoxy) is 2. The maximum absolute atomic E-state index is 13.3. The van der Waals surface area contributed by atoms with Gasteiger partial charge in [-0.25, -0.2) is 10.4 Å². The molecule has 2 N–H and O–H groups in total. The van der Waals surface area contributed by atoms with Crippen molar-refractivity contribution in [1.82, 2.24) is 15.0 Å². The summed E-state index contributed by atoms with van der Waals surface area (Å²) in [5, 5.41) is 14.5. The molecule has 3 aromatic carbocycles. The molecule has 0 atom stereocenters. The zero-order chi connectivity index (χ0) is 25.5. The van der Waals surface area contributed by atoms with Crippen LogP contribution in [0.15, 0.2) is 81.8 Å². The molecule has 0 aliphatic carbocycles. The Labute approximate surface area is 211 Å². The number of methoxy groups -OCH3 is 1. The fourth-order valence-corrected chi connectivity index (χ4v) is 4.22. The molecule has 0 bridgehead atoms. The number of phenols is 1. The van der Waals surface area contributed by atoms with Crippen LogP contribution in [0.25, 0.3) is 16.6 Å². The number of hydrogen-bond acceptors (Lipinski definition) is 8. The Bertz CT molecular complexity index is 1470. The van der Waals surface area contributed by atoms with Crippen LogP contribution in [0.1, 0.15) is 12.5 Å². The predicted molar refractivity (Wildman–Crippen MR) is 140 cm³/mol. The van der Waals surface area contributed by atoms with Crippen molar-refractivity contribution in [1.29, 1.82) is 0 Å². The van der Waals surface area contributed by atoms with Gasteiger partial charge in [0.15, 0.2) is 16.7 Å². The van der Waals surface area contributed by atoms with Crippen molar-refractivity contribution in [3.8, 4) is 22.9 Å². The lowest BCUT2D eigenvalue weighted by atomic mass is 10.2. The molecule has 9 nitrogen and oxygen atoms in total. The highest BCUT2D eigenvalue weighted by molar-refractivity contribution is 7.99. The average molecular weight is 505 g/mol. The van der Waals surface area contributed by atoms with E-state index in [2.05, 4.69) is 15.5 Å². The number of thioether (sulfide) groups is 1. The average Bonchev–Trinajstić information content (AvgIpc) is 2.89. The van der Waals surface area contributed by atoms with E-state index in [1.54, 1.807) is 54.6 Å². The summed E-state index contributed by atoms with van der Waals surface area (Å²) in [7, 11) is 1.45. The van der Waals surface area contributed by atoms with Crippen LogP contribution < -0.4 is 20.5 Å². The molecule has 4 rings (SSSR count). The normalized spacial score (nSPS) is 11.1. The molecule has 4 aromatic rings. The number of hydrogen-bond donors (Lipinski definition) is 2. The molecule has 0 saturated heterocycles. The van der Waals surface area contributed by atoms with Gasteiger partial charge in [-0.1, -0.05) is 23.9 Å². The monoisotopic (exact) mass is 504 g/mol. The van der Waals surface area contributed by atoms with E-state index in [4.69, 9.17) is 9.47 Å².